The van der Waals surface area contributed by atoms with Gasteiger partial charge in [-0.1, -0.05) is 25.7 Å². The molecular formula is C15H23N3OS. The fourth-order valence-electron chi connectivity index (χ4n) is 3.27. The number of thiazole rings is 1. The molecule has 0 bridgehead atoms. The Hall–Kier alpha value is -0.940. The first-order valence-electron chi connectivity index (χ1n) is 7.74. The molecule has 3 N–H and O–H groups in total. The molecule has 2 aliphatic rings. The van der Waals surface area contributed by atoms with E-state index in [0.29, 0.717) is 6.42 Å². The van der Waals surface area contributed by atoms with Crippen LogP contribution in [0.3, 0.4) is 0 Å². The fraction of sp³-hybridized carbons (Fsp3) is 0.733. The van der Waals surface area contributed by atoms with Gasteiger partial charge in [0.25, 0.3) is 0 Å². The minimum absolute atomic E-state index is 0.118. The van der Waals surface area contributed by atoms with E-state index in [1.54, 1.807) is 11.3 Å². The Morgan fingerprint density at radius 1 is 1.35 bits per heavy atom. The summed E-state index contributed by atoms with van der Waals surface area (Å²) in [5.74, 6) is 0.885. The lowest BCUT2D eigenvalue weighted by molar-refractivity contribution is -0.116. The molecule has 1 saturated carbocycles. The summed E-state index contributed by atoms with van der Waals surface area (Å²) in [5, 5.41) is 3.73. The van der Waals surface area contributed by atoms with E-state index in [1.165, 1.54) is 30.6 Å². The third-order valence-corrected chi connectivity index (χ3v) is 5.51. The van der Waals surface area contributed by atoms with Crippen LogP contribution in [0, 0.1) is 5.92 Å². The maximum Gasteiger partial charge on any atom is 0.226 e. The normalized spacial score (nSPS) is 22.8. The van der Waals surface area contributed by atoms with Crippen LogP contribution in [-0.4, -0.2) is 16.9 Å². The van der Waals surface area contributed by atoms with Crippen LogP contribution in [-0.2, 0) is 17.6 Å². The minimum atomic E-state index is 0.118. The van der Waals surface area contributed by atoms with Crippen molar-refractivity contribution in [2.45, 2.75) is 63.8 Å². The van der Waals surface area contributed by atoms with Crippen LogP contribution in [0.1, 0.15) is 55.5 Å². The summed E-state index contributed by atoms with van der Waals surface area (Å²) < 4.78 is 0. The van der Waals surface area contributed by atoms with Crippen molar-refractivity contribution < 1.29 is 4.79 Å². The Morgan fingerprint density at radius 2 is 2.15 bits per heavy atom. The second-order valence-corrected chi connectivity index (χ2v) is 7.21. The number of aromatic nitrogens is 1. The van der Waals surface area contributed by atoms with E-state index in [9.17, 15) is 4.79 Å². The van der Waals surface area contributed by atoms with E-state index in [0.717, 1.165) is 42.4 Å². The van der Waals surface area contributed by atoms with Gasteiger partial charge in [0, 0.05) is 17.3 Å². The second kappa shape index (κ2) is 6.22. The van der Waals surface area contributed by atoms with Gasteiger partial charge >= 0.3 is 0 Å². The highest BCUT2D eigenvalue weighted by atomic mass is 32.1. The standard InChI is InChI=1S/C15H23N3OS/c16-11-6-7-12-13(9-11)20-15(17-12)18-14(19)8-5-10-3-1-2-4-10/h10-11H,1-9,16H2,(H,17,18,19)/t11-/m0/s1. The van der Waals surface area contributed by atoms with Gasteiger partial charge in [-0.15, -0.1) is 11.3 Å². The Labute approximate surface area is 124 Å². The number of amides is 1. The summed E-state index contributed by atoms with van der Waals surface area (Å²) in [6.45, 7) is 0. The highest BCUT2D eigenvalue weighted by molar-refractivity contribution is 7.15. The molecule has 20 heavy (non-hydrogen) atoms. The van der Waals surface area contributed by atoms with E-state index in [-0.39, 0.29) is 11.9 Å². The topological polar surface area (TPSA) is 68.0 Å². The maximum absolute atomic E-state index is 12.0. The lowest BCUT2D eigenvalue weighted by Crippen LogP contribution is -2.27. The molecule has 0 unspecified atom stereocenters. The van der Waals surface area contributed by atoms with Gasteiger partial charge in [-0.2, -0.15) is 0 Å². The van der Waals surface area contributed by atoms with Crippen molar-refractivity contribution in [2.24, 2.45) is 11.7 Å². The average molecular weight is 293 g/mol. The molecule has 4 nitrogen and oxygen atoms in total. The van der Waals surface area contributed by atoms with Gasteiger partial charge in [-0.3, -0.25) is 4.79 Å². The number of carbonyl (C=O) groups is 1. The van der Waals surface area contributed by atoms with Crippen molar-refractivity contribution in [3.05, 3.63) is 10.6 Å². The minimum Gasteiger partial charge on any atom is -0.327 e. The van der Waals surface area contributed by atoms with E-state index >= 15 is 0 Å². The van der Waals surface area contributed by atoms with Gasteiger partial charge in [-0.25, -0.2) is 4.98 Å². The highest BCUT2D eigenvalue weighted by Crippen LogP contribution is 2.30. The SMILES string of the molecule is N[C@H]1CCc2nc(NC(=O)CCC3CCCC3)sc2C1. The van der Waals surface area contributed by atoms with Crippen LogP contribution in [0.2, 0.25) is 0 Å². The van der Waals surface area contributed by atoms with Gasteiger partial charge in [0.2, 0.25) is 5.91 Å². The fourth-order valence-corrected chi connectivity index (χ4v) is 4.39. The van der Waals surface area contributed by atoms with Crippen molar-refractivity contribution in [1.82, 2.24) is 4.98 Å². The van der Waals surface area contributed by atoms with Crippen LogP contribution in [0.25, 0.3) is 0 Å². The van der Waals surface area contributed by atoms with Crippen molar-refractivity contribution in [3.63, 3.8) is 0 Å². The predicted molar refractivity (Wildman–Crippen MR) is 81.9 cm³/mol. The first kappa shape index (κ1) is 14.0. The zero-order valence-corrected chi connectivity index (χ0v) is 12.7. The third kappa shape index (κ3) is 3.38. The number of hydrogen-bond donors (Lipinski definition) is 2. The molecular weight excluding hydrogens is 270 g/mol. The molecule has 1 amide bonds. The molecule has 1 heterocycles. The molecule has 0 aliphatic heterocycles. The van der Waals surface area contributed by atoms with Gasteiger partial charge in [-0.05, 0) is 31.6 Å². The van der Waals surface area contributed by atoms with Crippen LogP contribution in [0.15, 0.2) is 0 Å². The predicted octanol–water partition coefficient (Wildman–Crippen LogP) is 2.87. The molecule has 110 valence electrons. The first-order valence-corrected chi connectivity index (χ1v) is 8.56. The van der Waals surface area contributed by atoms with Crippen molar-refractivity contribution in [1.29, 1.82) is 0 Å². The van der Waals surface area contributed by atoms with Gasteiger partial charge in [0.05, 0.1) is 5.69 Å². The van der Waals surface area contributed by atoms with E-state index in [2.05, 4.69) is 10.3 Å². The van der Waals surface area contributed by atoms with E-state index in [4.69, 9.17) is 5.73 Å². The van der Waals surface area contributed by atoms with Gasteiger partial charge in [0.15, 0.2) is 5.13 Å². The molecule has 1 fully saturated rings. The number of nitrogens with zero attached hydrogens (tertiary/aromatic N) is 1. The molecule has 1 aromatic rings. The number of anilines is 1. The summed E-state index contributed by atoms with van der Waals surface area (Å²) >= 11 is 1.60. The summed E-state index contributed by atoms with van der Waals surface area (Å²) in [7, 11) is 0. The Bertz CT molecular complexity index is 479. The quantitative estimate of drug-likeness (QED) is 0.897. The van der Waals surface area contributed by atoms with Crippen LogP contribution in [0.4, 0.5) is 5.13 Å². The monoisotopic (exact) mass is 293 g/mol. The molecule has 0 saturated heterocycles. The number of nitrogens with one attached hydrogen (secondary N) is 1. The Balaban J connectivity index is 1.51. The zero-order chi connectivity index (χ0) is 13.9. The Kier molecular flexibility index (Phi) is 4.36. The smallest absolute Gasteiger partial charge is 0.226 e. The van der Waals surface area contributed by atoms with Crippen LogP contribution < -0.4 is 11.1 Å². The average Bonchev–Trinajstić information content (AvgIpc) is 3.04. The number of aryl methyl sites for hydroxylation is 1. The molecule has 1 atom stereocenters. The van der Waals surface area contributed by atoms with Gasteiger partial charge in [0.1, 0.15) is 0 Å². The van der Waals surface area contributed by atoms with E-state index in [1.807, 2.05) is 0 Å². The van der Waals surface area contributed by atoms with Crippen molar-refractivity contribution in [3.8, 4) is 0 Å². The lowest BCUT2D eigenvalue weighted by Gasteiger charge is -2.15. The number of hydrogen-bond acceptors (Lipinski definition) is 4. The van der Waals surface area contributed by atoms with Crippen LogP contribution >= 0.6 is 11.3 Å². The summed E-state index contributed by atoms with van der Waals surface area (Å²) in [6, 6.07) is 0.258. The molecule has 3 rings (SSSR count). The largest absolute Gasteiger partial charge is 0.327 e. The van der Waals surface area contributed by atoms with Crippen molar-refractivity contribution in [2.75, 3.05) is 5.32 Å². The molecule has 0 spiro atoms. The first-order chi connectivity index (χ1) is 9.70. The van der Waals surface area contributed by atoms with E-state index < -0.39 is 0 Å². The molecule has 5 heteroatoms. The third-order valence-electron chi connectivity index (χ3n) is 4.48. The molecule has 0 aromatic carbocycles. The maximum atomic E-state index is 12.0. The summed E-state index contributed by atoms with van der Waals surface area (Å²) in [4.78, 5) is 17.8. The summed E-state index contributed by atoms with van der Waals surface area (Å²) in [5.41, 5.74) is 7.11. The summed E-state index contributed by atoms with van der Waals surface area (Å²) in [6.07, 6.45) is 9.81. The van der Waals surface area contributed by atoms with Crippen LogP contribution in [0.5, 0.6) is 0 Å². The molecule has 2 aliphatic carbocycles. The zero-order valence-electron chi connectivity index (χ0n) is 11.9. The lowest BCUT2D eigenvalue weighted by atomic mass is 9.99. The molecule has 0 radical (unpaired) electrons. The van der Waals surface area contributed by atoms with Gasteiger partial charge < -0.3 is 11.1 Å². The number of rotatable bonds is 4. The Morgan fingerprint density at radius 3 is 2.95 bits per heavy atom. The number of fused-ring (bicyclic) bond motifs is 1. The van der Waals surface area contributed by atoms with Crippen molar-refractivity contribution >= 4 is 22.4 Å². The molecule has 1 aromatic heterocycles. The second-order valence-electron chi connectivity index (χ2n) is 6.13. The highest BCUT2D eigenvalue weighted by Gasteiger charge is 2.21. The number of nitrogens with two attached hydrogens (primary N) is 1. The number of carbonyl (C=O) groups excluding carboxylic acids is 1.